The van der Waals surface area contributed by atoms with Gasteiger partial charge in [0.1, 0.15) is 0 Å². The minimum absolute atomic E-state index is 0.183. The van der Waals surface area contributed by atoms with E-state index in [9.17, 15) is 13.2 Å². The van der Waals surface area contributed by atoms with E-state index >= 15 is 0 Å². The van der Waals surface area contributed by atoms with E-state index in [4.69, 9.17) is 5.73 Å². The third-order valence-electron chi connectivity index (χ3n) is 2.65. The minimum Gasteiger partial charge on any atom is -0.377 e. The average Bonchev–Trinajstić information content (AvgIpc) is 2.54. The quantitative estimate of drug-likeness (QED) is 0.404. The molecule has 2 N–H and O–H groups in total. The van der Waals surface area contributed by atoms with E-state index in [-0.39, 0.29) is 10.7 Å². The van der Waals surface area contributed by atoms with Gasteiger partial charge in [-0.15, -0.1) is 5.10 Å². The van der Waals surface area contributed by atoms with Crippen molar-refractivity contribution in [2.24, 2.45) is 15.9 Å². The van der Waals surface area contributed by atoms with Gasteiger partial charge in [0.2, 0.25) is 0 Å². The Kier molecular flexibility index (Phi) is 5.60. The topological polar surface area (TPSA) is 50.7 Å². The maximum atomic E-state index is 13.4. The second-order valence-corrected chi connectivity index (χ2v) is 5.22. The number of thioether (sulfide) groups is 1. The highest BCUT2D eigenvalue weighted by atomic mass is 32.2. The van der Waals surface area contributed by atoms with Crippen LogP contribution in [-0.2, 0) is 5.75 Å². The van der Waals surface area contributed by atoms with Crippen LogP contribution in [0.25, 0.3) is 0 Å². The first-order valence-electron chi connectivity index (χ1n) is 6.24. The van der Waals surface area contributed by atoms with Gasteiger partial charge < -0.3 is 5.73 Å². The number of halogens is 3. The zero-order valence-corrected chi connectivity index (χ0v) is 12.2. The van der Waals surface area contributed by atoms with Gasteiger partial charge in [-0.25, -0.2) is 13.2 Å². The molecule has 0 bridgehead atoms. The van der Waals surface area contributed by atoms with E-state index in [1.165, 1.54) is 11.8 Å². The van der Waals surface area contributed by atoms with Crippen LogP contribution in [0.5, 0.6) is 0 Å². The monoisotopic (exact) mass is 323 g/mol. The molecule has 0 unspecified atom stereocenters. The molecule has 0 aromatic heterocycles. The predicted molar refractivity (Wildman–Crippen MR) is 83.3 cm³/mol. The van der Waals surface area contributed by atoms with Crippen molar-refractivity contribution in [3.63, 3.8) is 0 Å². The molecule has 0 saturated heterocycles. The highest BCUT2D eigenvalue weighted by Crippen LogP contribution is 2.14. The van der Waals surface area contributed by atoms with Crippen LogP contribution in [0.2, 0.25) is 0 Å². The van der Waals surface area contributed by atoms with E-state index < -0.39 is 17.5 Å². The van der Waals surface area contributed by atoms with E-state index in [0.717, 1.165) is 23.9 Å². The summed E-state index contributed by atoms with van der Waals surface area (Å²) >= 11 is 1.26. The first-order chi connectivity index (χ1) is 10.6. The van der Waals surface area contributed by atoms with Crippen LogP contribution in [0, 0.1) is 17.5 Å². The second kappa shape index (κ2) is 7.65. The summed E-state index contributed by atoms with van der Waals surface area (Å²) in [7, 11) is 0. The molecule has 0 spiro atoms. The lowest BCUT2D eigenvalue weighted by Gasteiger charge is -2.00. The molecule has 2 aromatic rings. The third kappa shape index (κ3) is 4.36. The van der Waals surface area contributed by atoms with Crippen molar-refractivity contribution in [3.05, 3.63) is 71.0 Å². The fourth-order valence-electron chi connectivity index (χ4n) is 1.55. The number of hydrogen-bond acceptors (Lipinski definition) is 3. The summed E-state index contributed by atoms with van der Waals surface area (Å²) in [6.07, 6.45) is 0.980. The molecule has 3 nitrogen and oxygen atoms in total. The molecule has 2 rings (SSSR count). The van der Waals surface area contributed by atoms with Crippen molar-refractivity contribution >= 4 is 23.1 Å². The Labute approximate surface area is 129 Å². The summed E-state index contributed by atoms with van der Waals surface area (Å²) in [6, 6.07) is 11.5. The molecule has 0 atom stereocenters. The van der Waals surface area contributed by atoms with Crippen LogP contribution in [0.15, 0.2) is 52.7 Å². The SMILES string of the molecule is NC(=NN=Cc1ccc(F)c(F)c1F)SCc1ccccc1. The lowest BCUT2D eigenvalue weighted by molar-refractivity contribution is 0.446. The first-order valence-corrected chi connectivity index (χ1v) is 7.23. The maximum Gasteiger partial charge on any atom is 0.195 e. The van der Waals surface area contributed by atoms with Gasteiger partial charge in [-0.3, -0.25) is 0 Å². The maximum absolute atomic E-state index is 13.4. The molecule has 2 aromatic carbocycles. The average molecular weight is 323 g/mol. The van der Waals surface area contributed by atoms with Crippen molar-refractivity contribution in [2.45, 2.75) is 5.75 Å². The number of hydrogen-bond donors (Lipinski definition) is 1. The summed E-state index contributed by atoms with van der Waals surface area (Å²) in [5.41, 5.74) is 6.51. The van der Waals surface area contributed by atoms with Crippen LogP contribution in [0.1, 0.15) is 11.1 Å². The fraction of sp³-hybridized carbons (Fsp3) is 0.0667. The van der Waals surface area contributed by atoms with Gasteiger partial charge in [0.05, 0.1) is 6.21 Å². The van der Waals surface area contributed by atoms with Crippen molar-refractivity contribution in [3.8, 4) is 0 Å². The van der Waals surface area contributed by atoms with E-state index in [2.05, 4.69) is 10.2 Å². The Bertz CT molecular complexity index is 703. The number of amidine groups is 1. The standard InChI is InChI=1S/C15H12F3N3S/c16-12-7-6-11(13(17)14(12)18)8-20-21-15(19)22-9-10-4-2-1-3-5-10/h1-8H,9H2,(H2,19,21). The van der Waals surface area contributed by atoms with Gasteiger partial charge in [0, 0.05) is 11.3 Å². The molecule has 0 aliphatic heterocycles. The number of benzene rings is 2. The number of rotatable bonds is 4. The number of nitrogens with two attached hydrogens (primary N) is 1. The Morgan fingerprint density at radius 2 is 1.77 bits per heavy atom. The molecule has 114 valence electrons. The Balaban J connectivity index is 1.97. The van der Waals surface area contributed by atoms with Gasteiger partial charge in [0.15, 0.2) is 22.6 Å². The van der Waals surface area contributed by atoms with Gasteiger partial charge in [-0.2, -0.15) is 5.10 Å². The normalized spacial score (nSPS) is 12.0. The smallest absolute Gasteiger partial charge is 0.195 e. The van der Waals surface area contributed by atoms with Crippen molar-refractivity contribution < 1.29 is 13.2 Å². The van der Waals surface area contributed by atoms with Crippen LogP contribution >= 0.6 is 11.8 Å². The summed E-state index contributed by atoms with van der Waals surface area (Å²) in [6.45, 7) is 0. The highest BCUT2D eigenvalue weighted by molar-refractivity contribution is 8.13. The molecule has 0 amide bonds. The molecule has 22 heavy (non-hydrogen) atoms. The molecule has 0 saturated carbocycles. The van der Waals surface area contributed by atoms with Gasteiger partial charge in [0.25, 0.3) is 0 Å². The fourth-order valence-corrected chi connectivity index (χ4v) is 2.16. The molecule has 0 radical (unpaired) electrons. The predicted octanol–water partition coefficient (Wildman–Crippen LogP) is 3.69. The summed E-state index contributed by atoms with van der Waals surface area (Å²) in [4.78, 5) is 0. The van der Waals surface area contributed by atoms with Crippen LogP contribution < -0.4 is 5.73 Å². The molecule has 0 heterocycles. The van der Waals surface area contributed by atoms with E-state index in [1.807, 2.05) is 30.3 Å². The lowest BCUT2D eigenvalue weighted by Crippen LogP contribution is -2.06. The third-order valence-corrected chi connectivity index (χ3v) is 3.50. The Morgan fingerprint density at radius 1 is 1.05 bits per heavy atom. The second-order valence-electron chi connectivity index (χ2n) is 4.22. The van der Waals surface area contributed by atoms with Crippen molar-refractivity contribution in [2.75, 3.05) is 0 Å². The van der Waals surface area contributed by atoms with E-state index in [1.54, 1.807) is 0 Å². The van der Waals surface area contributed by atoms with Crippen LogP contribution in [0.3, 0.4) is 0 Å². The summed E-state index contributed by atoms with van der Waals surface area (Å²) < 4.78 is 39.1. The minimum atomic E-state index is -1.54. The molecule has 0 fully saturated rings. The zero-order chi connectivity index (χ0) is 15.9. The van der Waals surface area contributed by atoms with E-state index in [0.29, 0.717) is 5.75 Å². The largest absolute Gasteiger partial charge is 0.377 e. The summed E-state index contributed by atoms with van der Waals surface area (Å²) in [5, 5.41) is 7.43. The van der Waals surface area contributed by atoms with Gasteiger partial charge in [-0.05, 0) is 17.7 Å². The highest BCUT2D eigenvalue weighted by Gasteiger charge is 2.11. The molecule has 0 aliphatic carbocycles. The van der Waals surface area contributed by atoms with Crippen molar-refractivity contribution in [1.82, 2.24) is 0 Å². The van der Waals surface area contributed by atoms with Crippen molar-refractivity contribution in [1.29, 1.82) is 0 Å². The van der Waals surface area contributed by atoms with Gasteiger partial charge in [-0.1, -0.05) is 42.1 Å². The zero-order valence-electron chi connectivity index (χ0n) is 11.3. The lowest BCUT2D eigenvalue weighted by atomic mass is 10.2. The Hall–Kier alpha value is -2.28. The first kappa shape index (κ1) is 16.1. The van der Waals surface area contributed by atoms with Gasteiger partial charge >= 0.3 is 0 Å². The number of nitrogens with zero attached hydrogens (tertiary/aromatic N) is 2. The summed E-state index contributed by atoms with van der Waals surface area (Å²) in [5.74, 6) is -3.49. The molecule has 0 aliphatic rings. The van der Waals surface area contributed by atoms with Crippen LogP contribution in [-0.4, -0.2) is 11.4 Å². The molecular formula is C15H12F3N3S. The molecule has 7 heteroatoms. The Morgan fingerprint density at radius 3 is 2.50 bits per heavy atom. The van der Waals surface area contributed by atoms with Crippen LogP contribution in [0.4, 0.5) is 13.2 Å². The molecular weight excluding hydrogens is 311 g/mol.